The van der Waals surface area contributed by atoms with E-state index in [1.165, 1.54) is 0 Å². The van der Waals surface area contributed by atoms with Gasteiger partial charge in [0.25, 0.3) is 0 Å². The fourth-order valence-corrected chi connectivity index (χ4v) is 1.97. The summed E-state index contributed by atoms with van der Waals surface area (Å²) < 4.78 is 5.66. The SMILES string of the molecule is CC.CC.NCc1cccc(Oc2cc(Cl)cc(Cl)c2)c1. The predicted octanol–water partition coefficient (Wildman–Crippen LogP) is 6.30. The number of benzene rings is 2. The summed E-state index contributed by atoms with van der Waals surface area (Å²) in [7, 11) is 0. The van der Waals surface area contributed by atoms with Crippen molar-refractivity contribution in [1.29, 1.82) is 0 Å². The number of rotatable bonds is 3. The van der Waals surface area contributed by atoms with Gasteiger partial charge in [0, 0.05) is 16.6 Å². The van der Waals surface area contributed by atoms with Gasteiger partial charge in [0.15, 0.2) is 0 Å². The molecule has 0 radical (unpaired) electrons. The van der Waals surface area contributed by atoms with Gasteiger partial charge >= 0.3 is 0 Å². The molecule has 0 aromatic heterocycles. The van der Waals surface area contributed by atoms with Gasteiger partial charge < -0.3 is 10.5 Å². The quantitative estimate of drug-likeness (QED) is 0.718. The molecule has 2 nitrogen and oxygen atoms in total. The standard InChI is InChI=1S/C13H11Cl2NO.2C2H6/c14-10-5-11(15)7-13(6-10)17-12-3-1-2-9(4-12)8-16;2*1-2/h1-7H,8,16H2;2*1-2H3. The monoisotopic (exact) mass is 327 g/mol. The summed E-state index contributed by atoms with van der Waals surface area (Å²) in [6.07, 6.45) is 0. The first kappa shape index (κ1) is 19.8. The molecular weight excluding hydrogens is 305 g/mol. The Balaban J connectivity index is 0.000000921. The third-order valence-corrected chi connectivity index (χ3v) is 2.64. The Kier molecular flexibility index (Phi) is 10.8. The zero-order valence-electron chi connectivity index (χ0n) is 13.0. The summed E-state index contributed by atoms with van der Waals surface area (Å²) in [5, 5.41) is 1.09. The van der Waals surface area contributed by atoms with Crippen molar-refractivity contribution in [3.63, 3.8) is 0 Å². The first-order chi connectivity index (χ1) is 10.2. The molecule has 0 amide bonds. The zero-order valence-corrected chi connectivity index (χ0v) is 14.5. The number of hydrogen-bond acceptors (Lipinski definition) is 2. The fourth-order valence-electron chi connectivity index (χ4n) is 1.46. The van der Waals surface area contributed by atoms with Crippen LogP contribution in [0.4, 0.5) is 0 Å². The summed E-state index contributed by atoms with van der Waals surface area (Å²) in [5.41, 5.74) is 6.57. The molecule has 0 atom stereocenters. The summed E-state index contributed by atoms with van der Waals surface area (Å²) in [6, 6.07) is 12.7. The second-order valence-corrected chi connectivity index (χ2v) is 4.43. The number of ether oxygens (including phenoxy) is 1. The Bertz CT molecular complexity index is 510. The van der Waals surface area contributed by atoms with E-state index in [1.54, 1.807) is 18.2 Å². The van der Waals surface area contributed by atoms with Crippen molar-refractivity contribution < 1.29 is 4.74 Å². The molecule has 0 spiro atoms. The average molecular weight is 328 g/mol. The average Bonchev–Trinajstić information content (AvgIpc) is 2.50. The Morgan fingerprint density at radius 2 is 1.43 bits per heavy atom. The molecule has 116 valence electrons. The van der Waals surface area contributed by atoms with Gasteiger partial charge in [-0.1, -0.05) is 63.0 Å². The first-order valence-corrected chi connectivity index (χ1v) is 7.86. The van der Waals surface area contributed by atoms with E-state index in [1.807, 2.05) is 52.0 Å². The van der Waals surface area contributed by atoms with Crippen LogP contribution in [-0.4, -0.2) is 0 Å². The summed E-state index contributed by atoms with van der Waals surface area (Å²) >= 11 is 11.8. The van der Waals surface area contributed by atoms with Gasteiger partial charge in [0.05, 0.1) is 0 Å². The van der Waals surface area contributed by atoms with Crippen LogP contribution in [0.5, 0.6) is 11.5 Å². The molecule has 0 saturated heterocycles. The van der Waals surface area contributed by atoms with Gasteiger partial charge in [-0.2, -0.15) is 0 Å². The third-order valence-electron chi connectivity index (χ3n) is 2.21. The van der Waals surface area contributed by atoms with E-state index in [0.717, 1.165) is 5.56 Å². The molecule has 0 fully saturated rings. The van der Waals surface area contributed by atoms with E-state index in [9.17, 15) is 0 Å². The number of nitrogens with two attached hydrogens (primary N) is 1. The van der Waals surface area contributed by atoms with E-state index >= 15 is 0 Å². The smallest absolute Gasteiger partial charge is 0.130 e. The van der Waals surface area contributed by atoms with E-state index < -0.39 is 0 Å². The van der Waals surface area contributed by atoms with Crippen LogP contribution in [0, 0.1) is 0 Å². The topological polar surface area (TPSA) is 35.2 Å². The maximum atomic E-state index is 5.89. The van der Waals surface area contributed by atoms with Gasteiger partial charge in [-0.25, -0.2) is 0 Å². The maximum Gasteiger partial charge on any atom is 0.130 e. The second kappa shape index (κ2) is 11.4. The third kappa shape index (κ3) is 7.37. The van der Waals surface area contributed by atoms with E-state index in [-0.39, 0.29) is 0 Å². The lowest BCUT2D eigenvalue weighted by Crippen LogP contribution is -1.96. The zero-order chi connectivity index (χ0) is 16.3. The van der Waals surface area contributed by atoms with Crippen molar-refractivity contribution in [2.24, 2.45) is 5.73 Å². The van der Waals surface area contributed by atoms with Crippen LogP contribution in [0.3, 0.4) is 0 Å². The molecule has 0 unspecified atom stereocenters. The van der Waals surface area contributed by atoms with Gasteiger partial charge in [-0.05, 0) is 35.9 Å². The second-order valence-electron chi connectivity index (χ2n) is 3.56. The van der Waals surface area contributed by atoms with Crippen LogP contribution in [0.1, 0.15) is 33.3 Å². The molecule has 0 saturated carbocycles. The first-order valence-electron chi connectivity index (χ1n) is 7.10. The molecule has 0 aliphatic carbocycles. The highest BCUT2D eigenvalue weighted by Crippen LogP contribution is 2.28. The van der Waals surface area contributed by atoms with Crippen LogP contribution >= 0.6 is 23.2 Å². The molecule has 2 aromatic carbocycles. The minimum absolute atomic E-state index is 0.480. The number of hydrogen-bond donors (Lipinski definition) is 1. The normalized spacial score (nSPS) is 8.90. The number of halogens is 2. The highest BCUT2D eigenvalue weighted by molar-refractivity contribution is 6.34. The Morgan fingerprint density at radius 1 is 0.857 bits per heavy atom. The molecular formula is C17H23Cl2NO. The Hall–Kier alpha value is -1.22. The molecule has 4 heteroatoms. The van der Waals surface area contributed by atoms with Gasteiger partial charge in [0.2, 0.25) is 0 Å². The van der Waals surface area contributed by atoms with Crippen LogP contribution in [0.2, 0.25) is 10.0 Å². The largest absolute Gasteiger partial charge is 0.457 e. The van der Waals surface area contributed by atoms with Crippen molar-refractivity contribution in [3.05, 3.63) is 58.1 Å². The lowest BCUT2D eigenvalue weighted by molar-refractivity contribution is 0.482. The molecule has 2 rings (SSSR count). The minimum Gasteiger partial charge on any atom is -0.457 e. The maximum absolute atomic E-state index is 5.89. The van der Waals surface area contributed by atoms with Crippen molar-refractivity contribution in [1.82, 2.24) is 0 Å². The molecule has 0 bridgehead atoms. The van der Waals surface area contributed by atoms with Crippen molar-refractivity contribution in [2.75, 3.05) is 0 Å². The van der Waals surface area contributed by atoms with Crippen molar-refractivity contribution >= 4 is 23.2 Å². The van der Waals surface area contributed by atoms with E-state index in [4.69, 9.17) is 33.7 Å². The Morgan fingerprint density at radius 3 is 1.95 bits per heavy atom. The molecule has 2 aromatic rings. The lowest BCUT2D eigenvalue weighted by Gasteiger charge is -2.07. The van der Waals surface area contributed by atoms with Crippen LogP contribution < -0.4 is 10.5 Å². The highest BCUT2D eigenvalue weighted by atomic mass is 35.5. The Labute approximate surface area is 137 Å². The molecule has 0 heterocycles. The lowest BCUT2D eigenvalue weighted by atomic mass is 10.2. The fraction of sp³-hybridized carbons (Fsp3) is 0.294. The summed E-state index contributed by atoms with van der Waals surface area (Å²) in [6.45, 7) is 8.48. The molecule has 2 N–H and O–H groups in total. The molecule has 0 aliphatic rings. The van der Waals surface area contributed by atoms with E-state index in [2.05, 4.69) is 0 Å². The van der Waals surface area contributed by atoms with Crippen LogP contribution in [0.15, 0.2) is 42.5 Å². The predicted molar refractivity (Wildman–Crippen MR) is 93.6 cm³/mol. The summed E-state index contributed by atoms with van der Waals surface area (Å²) in [5.74, 6) is 1.32. The summed E-state index contributed by atoms with van der Waals surface area (Å²) in [4.78, 5) is 0. The molecule has 21 heavy (non-hydrogen) atoms. The molecule has 0 aliphatic heterocycles. The van der Waals surface area contributed by atoms with Gasteiger partial charge in [-0.3, -0.25) is 0 Å². The van der Waals surface area contributed by atoms with Crippen molar-refractivity contribution in [2.45, 2.75) is 34.2 Å². The van der Waals surface area contributed by atoms with Gasteiger partial charge in [-0.15, -0.1) is 0 Å². The highest BCUT2D eigenvalue weighted by Gasteiger charge is 2.01. The van der Waals surface area contributed by atoms with Crippen molar-refractivity contribution in [3.8, 4) is 11.5 Å². The van der Waals surface area contributed by atoms with E-state index in [0.29, 0.717) is 28.1 Å². The van der Waals surface area contributed by atoms with Crippen LogP contribution in [-0.2, 0) is 6.54 Å². The van der Waals surface area contributed by atoms with Gasteiger partial charge in [0.1, 0.15) is 11.5 Å². The minimum atomic E-state index is 0.480. The van der Waals surface area contributed by atoms with Crippen LogP contribution in [0.25, 0.3) is 0 Å².